The summed E-state index contributed by atoms with van der Waals surface area (Å²) >= 11 is 3.39. The normalized spacial score (nSPS) is 13.3. The molecule has 2 rings (SSSR count). The molecule has 0 aliphatic carbocycles. The van der Waals surface area contributed by atoms with Gasteiger partial charge in [-0.1, -0.05) is 40.6 Å². The molecular weight excluding hydrogens is 376 g/mol. The zero-order chi connectivity index (χ0) is 17.9. The van der Waals surface area contributed by atoms with Crippen LogP contribution in [0.15, 0.2) is 28.7 Å². The largest absolute Gasteiger partial charge is 0.480 e. The second kappa shape index (κ2) is 7.12. The Balaban J connectivity index is 2.30. The van der Waals surface area contributed by atoms with Gasteiger partial charge < -0.3 is 10.4 Å². The fourth-order valence-electron chi connectivity index (χ4n) is 2.42. The molecule has 0 bridgehead atoms. The Bertz CT molecular complexity index is 774. The Kier molecular flexibility index (Phi) is 5.38. The molecule has 1 unspecified atom stereocenters. The predicted molar refractivity (Wildman–Crippen MR) is 92.2 cm³/mol. The van der Waals surface area contributed by atoms with Crippen LogP contribution >= 0.6 is 15.9 Å². The number of carboxylic acids is 1. The molecule has 0 aliphatic rings. The minimum absolute atomic E-state index is 0.110. The maximum Gasteiger partial charge on any atom is 0.329 e. The number of hydrogen-bond acceptors (Lipinski definition) is 4. The molecule has 24 heavy (non-hydrogen) atoms. The standard InChI is InChI=1S/C16H19BrN4O3/c1-4-8-16(3,15(23)24)18-14(22)13-10(2)21(20-19-13)12-7-5-6-11(17)9-12/h5-7,9H,4,8H2,1-3H3,(H,18,22)(H,23,24). The average Bonchev–Trinajstić information content (AvgIpc) is 2.89. The summed E-state index contributed by atoms with van der Waals surface area (Å²) < 4.78 is 2.42. The molecule has 1 aromatic heterocycles. The SMILES string of the molecule is CCCC(C)(NC(=O)c1nnn(-c2cccc(Br)c2)c1C)C(=O)O. The minimum atomic E-state index is -1.34. The molecule has 0 radical (unpaired) electrons. The molecule has 0 fully saturated rings. The number of carbonyl (C=O) groups excluding carboxylic acids is 1. The first-order valence-corrected chi connectivity index (χ1v) is 8.32. The molecule has 2 aromatic rings. The van der Waals surface area contributed by atoms with E-state index in [9.17, 15) is 14.7 Å². The number of aliphatic carboxylic acids is 1. The Morgan fingerprint density at radius 2 is 2.12 bits per heavy atom. The second-order valence-corrected chi connectivity index (χ2v) is 6.67. The van der Waals surface area contributed by atoms with Crippen molar-refractivity contribution in [2.24, 2.45) is 0 Å². The van der Waals surface area contributed by atoms with E-state index in [1.54, 1.807) is 6.92 Å². The van der Waals surface area contributed by atoms with E-state index in [1.807, 2.05) is 31.2 Å². The highest BCUT2D eigenvalue weighted by atomic mass is 79.9. The minimum Gasteiger partial charge on any atom is -0.480 e. The van der Waals surface area contributed by atoms with E-state index in [0.717, 1.165) is 10.2 Å². The Labute approximate surface area is 148 Å². The number of carbonyl (C=O) groups is 2. The molecular formula is C16H19BrN4O3. The van der Waals surface area contributed by atoms with Crippen LogP contribution in [0.5, 0.6) is 0 Å². The third-order valence-electron chi connectivity index (χ3n) is 3.77. The topological polar surface area (TPSA) is 97.1 Å². The maximum absolute atomic E-state index is 12.5. The van der Waals surface area contributed by atoms with E-state index in [0.29, 0.717) is 18.5 Å². The highest BCUT2D eigenvalue weighted by molar-refractivity contribution is 9.10. The first-order valence-electron chi connectivity index (χ1n) is 7.52. The number of hydrogen-bond donors (Lipinski definition) is 2. The van der Waals surface area contributed by atoms with Crippen molar-refractivity contribution < 1.29 is 14.7 Å². The molecule has 8 heteroatoms. The molecule has 7 nitrogen and oxygen atoms in total. The van der Waals surface area contributed by atoms with Crippen molar-refractivity contribution in [3.8, 4) is 5.69 Å². The molecule has 0 aliphatic heterocycles. The summed E-state index contributed by atoms with van der Waals surface area (Å²) in [6.45, 7) is 5.07. The third kappa shape index (κ3) is 3.64. The molecule has 1 heterocycles. The van der Waals surface area contributed by atoms with Gasteiger partial charge in [-0.2, -0.15) is 0 Å². The molecule has 0 spiro atoms. The van der Waals surface area contributed by atoms with E-state index in [-0.39, 0.29) is 5.69 Å². The number of amides is 1. The van der Waals surface area contributed by atoms with Crippen molar-refractivity contribution in [3.05, 3.63) is 40.1 Å². The van der Waals surface area contributed by atoms with Gasteiger partial charge in [-0.15, -0.1) is 5.10 Å². The zero-order valence-electron chi connectivity index (χ0n) is 13.7. The lowest BCUT2D eigenvalue weighted by atomic mass is 9.96. The van der Waals surface area contributed by atoms with E-state index in [4.69, 9.17) is 0 Å². The summed E-state index contributed by atoms with van der Waals surface area (Å²) in [7, 11) is 0. The number of halogens is 1. The quantitative estimate of drug-likeness (QED) is 0.784. The van der Waals surface area contributed by atoms with Crippen molar-refractivity contribution in [2.45, 2.75) is 39.2 Å². The fourth-order valence-corrected chi connectivity index (χ4v) is 2.81. The van der Waals surface area contributed by atoms with Crippen molar-refractivity contribution >= 4 is 27.8 Å². The molecule has 0 saturated carbocycles. The number of nitrogens with zero attached hydrogens (tertiary/aromatic N) is 3. The van der Waals surface area contributed by atoms with Gasteiger partial charge in [-0.3, -0.25) is 4.79 Å². The van der Waals surface area contributed by atoms with Gasteiger partial charge in [0, 0.05) is 4.47 Å². The van der Waals surface area contributed by atoms with Gasteiger partial charge in [-0.25, -0.2) is 9.48 Å². The Morgan fingerprint density at radius 1 is 1.42 bits per heavy atom. The second-order valence-electron chi connectivity index (χ2n) is 5.76. The molecule has 0 saturated heterocycles. The van der Waals surface area contributed by atoms with Crippen molar-refractivity contribution in [3.63, 3.8) is 0 Å². The third-order valence-corrected chi connectivity index (χ3v) is 4.27. The maximum atomic E-state index is 12.5. The van der Waals surface area contributed by atoms with Crippen molar-refractivity contribution in [1.82, 2.24) is 20.3 Å². The van der Waals surface area contributed by atoms with Crippen LogP contribution in [0.3, 0.4) is 0 Å². The zero-order valence-corrected chi connectivity index (χ0v) is 15.3. The van der Waals surface area contributed by atoms with Crippen LogP contribution in [0.1, 0.15) is 42.9 Å². The van der Waals surface area contributed by atoms with Gasteiger partial charge in [0.05, 0.1) is 11.4 Å². The first-order chi connectivity index (χ1) is 11.3. The highest BCUT2D eigenvalue weighted by Crippen LogP contribution is 2.18. The number of rotatable bonds is 6. The Hall–Kier alpha value is -2.22. The van der Waals surface area contributed by atoms with E-state index in [1.165, 1.54) is 11.6 Å². The van der Waals surface area contributed by atoms with Gasteiger partial charge in [0.1, 0.15) is 5.54 Å². The molecule has 1 aromatic carbocycles. The monoisotopic (exact) mass is 394 g/mol. The van der Waals surface area contributed by atoms with Gasteiger partial charge >= 0.3 is 5.97 Å². The van der Waals surface area contributed by atoms with Crippen LogP contribution in [0.2, 0.25) is 0 Å². The van der Waals surface area contributed by atoms with Crippen molar-refractivity contribution in [2.75, 3.05) is 0 Å². The Morgan fingerprint density at radius 3 is 2.71 bits per heavy atom. The van der Waals surface area contributed by atoms with Crippen LogP contribution in [-0.2, 0) is 4.79 Å². The molecule has 128 valence electrons. The van der Waals surface area contributed by atoms with E-state index >= 15 is 0 Å². The summed E-state index contributed by atoms with van der Waals surface area (Å²) in [5, 5.41) is 19.9. The summed E-state index contributed by atoms with van der Waals surface area (Å²) in [5.74, 6) is -1.62. The van der Waals surface area contributed by atoms with Crippen LogP contribution in [0.25, 0.3) is 5.69 Å². The number of aromatic nitrogens is 3. The number of carboxylic acid groups (broad SMARTS) is 1. The van der Waals surface area contributed by atoms with E-state index < -0.39 is 17.4 Å². The molecule has 1 atom stereocenters. The number of nitrogens with one attached hydrogen (secondary N) is 1. The average molecular weight is 395 g/mol. The summed E-state index contributed by atoms with van der Waals surface area (Å²) in [6.07, 6.45) is 0.958. The lowest BCUT2D eigenvalue weighted by Crippen LogP contribution is -2.52. The smallest absolute Gasteiger partial charge is 0.329 e. The summed E-state index contributed by atoms with van der Waals surface area (Å²) in [5.41, 5.74) is 0.0639. The summed E-state index contributed by atoms with van der Waals surface area (Å²) in [6, 6.07) is 7.42. The lowest BCUT2D eigenvalue weighted by Gasteiger charge is -2.25. The van der Waals surface area contributed by atoms with E-state index in [2.05, 4.69) is 31.6 Å². The van der Waals surface area contributed by atoms with Gasteiger partial charge in [-0.05, 0) is 38.5 Å². The fraction of sp³-hybridized carbons (Fsp3) is 0.375. The van der Waals surface area contributed by atoms with Gasteiger partial charge in [0.25, 0.3) is 5.91 Å². The molecule has 2 N–H and O–H groups in total. The first kappa shape index (κ1) is 18.1. The molecule has 1 amide bonds. The van der Waals surface area contributed by atoms with Crippen LogP contribution in [0, 0.1) is 6.92 Å². The highest BCUT2D eigenvalue weighted by Gasteiger charge is 2.35. The predicted octanol–water partition coefficient (Wildman–Crippen LogP) is 2.71. The number of benzene rings is 1. The van der Waals surface area contributed by atoms with Gasteiger partial charge in [0.2, 0.25) is 0 Å². The lowest BCUT2D eigenvalue weighted by molar-refractivity contribution is -0.144. The van der Waals surface area contributed by atoms with Crippen LogP contribution in [-0.4, -0.2) is 37.5 Å². The van der Waals surface area contributed by atoms with Gasteiger partial charge in [0.15, 0.2) is 5.69 Å². The van der Waals surface area contributed by atoms with Crippen molar-refractivity contribution in [1.29, 1.82) is 0 Å². The van der Waals surface area contributed by atoms with Crippen LogP contribution < -0.4 is 5.32 Å². The van der Waals surface area contributed by atoms with Crippen LogP contribution in [0.4, 0.5) is 0 Å². The summed E-state index contributed by atoms with van der Waals surface area (Å²) in [4.78, 5) is 23.9.